The highest BCUT2D eigenvalue weighted by molar-refractivity contribution is 6.74. The predicted octanol–water partition coefficient (Wildman–Crippen LogP) is 8.10. The maximum atomic E-state index is 16.9. The van der Waals surface area contributed by atoms with E-state index in [2.05, 4.69) is 61.7 Å². The van der Waals surface area contributed by atoms with Gasteiger partial charge in [0.2, 0.25) is 0 Å². The van der Waals surface area contributed by atoms with Crippen LogP contribution in [0.5, 0.6) is 6.01 Å². The van der Waals surface area contributed by atoms with Crippen LogP contribution < -0.4 is 4.74 Å². The van der Waals surface area contributed by atoms with Crippen LogP contribution in [-0.4, -0.2) is 82.6 Å². The molecule has 264 valence electrons. The van der Waals surface area contributed by atoms with Gasteiger partial charge in [-0.25, -0.2) is 18.4 Å². The molecule has 7 rings (SSSR count). The Bertz CT molecular complexity index is 1840. The van der Waals surface area contributed by atoms with Crippen LogP contribution in [0.2, 0.25) is 18.1 Å². The van der Waals surface area contributed by atoms with Crippen LogP contribution >= 0.6 is 0 Å². The van der Waals surface area contributed by atoms with Crippen molar-refractivity contribution in [2.75, 3.05) is 32.9 Å². The maximum absolute atomic E-state index is 16.9. The number of alkyl halides is 1. The molecule has 4 aromatic rings. The summed E-state index contributed by atoms with van der Waals surface area (Å²) < 4.78 is 51.9. The average Bonchev–Trinajstić information content (AvgIpc) is 3.74. The number of fused-ring (bicyclic) bond motifs is 3. The fourth-order valence-electron chi connectivity index (χ4n) is 7.73. The molecule has 9 nitrogen and oxygen atoms in total. The first-order valence-corrected chi connectivity index (χ1v) is 20.9. The number of aryl methyl sites for hydroxylation is 1. The normalized spacial score (nSPS) is 23.5. The van der Waals surface area contributed by atoms with Crippen LogP contribution in [0.4, 0.5) is 8.78 Å². The molecule has 3 atom stereocenters. The Morgan fingerprint density at radius 3 is 2.71 bits per heavy atom. The van der Waals surface area contributed by atoms with Gasteiger partial charge in [0.05, 0.1) is 17.3 Å². The molecule has 0 bridgehead atoms. The smallest absolute Gasteiger partial charge is 0.317 e. The summed E-state index contributed by atoms with van der Waals surface area (Å²) in [6.07, 6.45) is 10.8. The van der Waals surface area contributed by atoms with Crippen LogP contribution in [0.3, 0.4) is 0 Å². The molecule has 1 aromatic carbocycles. The van der Waals surface area contributed by atoms with Crippen molar-refractivity contribution >= 4 is 30.1 Å². The molecule has 0 spiro atoms. The lowest BCUT2D eigenvalue weighted by molar-refractivity contribution is -0.0366. The number of halogens is 2. The molecule has 3 aliphatic rings. The minimum absolute atomic E-state index is 0.0896. The molecule has 49 heavy (non-hydrogen) atoms. The fourth-order valence-corrected chi connectivity index (χ4v) is 8.82. The highest BCUT2D eigenvalue weighted by Crippen LogP contribution is 2.42. The van der Waals surface area contributed by atoms with Gasteiger partial charge >= 0.3 is 6.01 Å². The van der Waals surface area contributed by atoms with Crippen molar-refractivity contribution in [3.8, 4) is 17.3 Å². The Morgan fingerprint density at radius 1 is 1.12 bits per heavy atom. The van der Waals surface area contributed by atoms with Gasteiger partial charge in [0.25, 0.3) is 0 Å². The molecule has 0 N–H and O–H groups in total. The number of nitrogens with zero attached hydrogens (tertiary/aromatic N) is 6. The number of hydrogen-bond donors (Lipinski definition) is 0. The minimum atomic E-state index is -1.91. The Morgan fingerprint density at radius 2 is 1.94 bits per heavy atom. The molecule has 1 unspecified atom stereocenters. The van der Waals surface area contributed by atoms with Crippen molar-refractivity contribution in [1.82, 2.24) is 29.6 Å². The van der Waals surface area contributed by atoms with Crippen molar-refractivity contribution in [1.29, 1.82) is 0 Å². The second kappa shape index (κ2) is 13.2. The molecule has 0 amide bonds. The Hall–Kier alpha value is -3.06. The van der Waals surface area contributed by atoms with Crippen LogP contribution in [0.15, 0.2) is 24.7 Å². The van der Waals surface area contributed by atoms with Gasteiger partial charge in [-0.3, -0.25) is 9.88 Å². The number of ether oxygens (including phenoxy) is 2. The van der Waals surface area contributed by atoms with Gasteiger partial charge in [-0.15, -0.1) is 0 Å². The lowest BCUT2D eigenvalue weighted by Gasteiger charge is -2.36. The van der Waals surface area contributed by atoms with Crippen molar-refractivity contribution < 1.29 is 22.7 Å². The fraction of sp³-hybridized carbons (Fsp3) is 0.622. The first-order chi connectivity index (χ1) is 23.4. The monoisotopic (exact) mass is 692 g/mol. The molecule has 12 heteroatoms. The van der Waals surface area contributed by atoms with Gasteiger partial charge in [-0.05, 0) is 93.7 Å². The second-order valence-corrected chi connectivity index (χ2v) is 20.7. The van der Waals surface area contributed by atoms with Gasteiger partial charge in [0.15, 0.2) is 20.4 Å². The topological polar surface area (TPSA) is 87.4 Å². The van der Waals surface area contributed by atoms with E-state index < -0.39 is 20.3 Å². The molecule has 3 saturated heterocycles. The van der Waals surface area contributed by atoms with E-state index >= 15 is 4.39 Å². The van der Waals surface area contributed by atoms with E-state index in [9.17, 15) is 4.39 Å². The average molecular weight is 693 g/mol. The molecule has 0 saturated carbocycles. The quantitative estimate of drug-likeness (QED) is 0.122. The highest BCUT2D eigenvalue weighted by atomic mass is 28.4. The first-order valence-electron chi connectivity index (χ1n) is 18.0. The van der Waals surface area contributed by atoms with Gasteiger partial charge in [0, 0.05) is 54.9 Å². The summed E-state index contributed by atoms with van der Waals surface area (Å²) in [4.78, 5) is 15.8. The summed E-state index contributed by atoms with van der Waals surface area (Å²) in [5, 5.41) is 6.22. The summed E-state index contributed by atoms with van der Waals surface area (Å²) >= 11 is 0. The molecule has 0 radical (unpaired) electrons. The number of rotatable bonds is 10. The van der Waals surface area contributed by atoms with Crippen LogP contribution in [-0.2, 0) is 15.6 Å². The lowest BCUT2D eigenvalue weighted by Crippen LogP contribution is -2.43. The van der Waals surface area contributed by atoms with E-state index in [4.69, 9.17) is 24.0 Å². The molecule has 3 aromatic heterocycles. The standard InChI is InChI=1S/C37H50F2N6O3Si/c1-24-17-29-28(21-42-45(29)30-12-7-8-15-46-30)31(27(24)11-9-16-48-49(5,6)36(2,3)4)34-32(39)33-25(19-40-34)20-41-35(43-33)47-23-37-13-10-14-44(37)22-26(38)18-37/h17,19-21,26,30H,7-16,18,22-23H2,1-6H3/t26-,30?,37+/m1/s1. The third-order valence-corrected chi connectivity index (χ3v) is 16.1. The molecular weight excluding hydrogens is 643 g/mol. The SMILES string of the molecule is Cc1cc2c(cnn2C2CCCCO2)c(-c2ncc3cnc(OC[C@@]45CCCN4C[C@H](F)C5)nc3c2F)c1CCCO[Si](C)(C)C(C)(C)C. The number of benzene rings is 1. The highest BCUT2D eigenvalue weighted by Gasteiger charge is 2.49. The zero-order valence-corrected chi connectivity index (χ0v) is 30.8. The third-order valence-electron chi connectivity index (χ3n) is 11.5. The van der Waals surface area contributed by atoms with Crippen LogP contribution in [0.1, 0.15) is 83.1 Å². The Labute approximate surface area is 288 Å². The molecule has 0 aliphatic carbocycles. The van der Waals surface area contributed by atoms with E-state index in [0.717, 1.165) is 72.7 Å². The largest absolute Gasteiger partial charge is 0.461 e. The Kier molecular flexibility index (Phi) is 9.29. The number of hydrogen-bond acceptors (Lipinski definition) is 8. The van der Waals surface area contributed by atoms with E-state index in [-0.39, 0.29) is 40.6 Å². The minimum Gasteiger partial charge on any atom is -0.461 e. The van der Waals surface area contributed by atoms with Crippen LogP contribution in [0.25, 0.3) is 33.1 Å². The summed E-state index contributed by atoms with van der Waals surface area (Å²) in [6.45, 7) is 16.2. The van der Waals surface area contributed by atoms with Gasteiger partial charge in [-0.2, -0.15) is 10.1 Å². The van der Waals surface area contributed by atoms with Gasteiger partial charge in [-0.1, -0.05) is 20.8 Å². The van der Waals surface area contributed by atoms with E-state index in [1.165, 1.54) is 0 Å². The Balaban J connectivity index is 1.25. The molecule has 3 aliphatic heterocycles. The predicted molar refractivity (Wildman–Crippen MR) is 190 cm³/mol. The number of pyridine rings is 1. The van der Waals surface area contributed by atoms with Gasteiger partial charge < -0.3 is 13.9 Å². The summed E-state index contributed by atoms with van der Waals surface area (Å²) in [5.74, 6) is -0.526. The summed E-state index contributed by atoms with van der Waals surface area (Å²) in [7, 11) is -1.91. The van der Waals surface area contributed by atoms with E-state index in [1.807, 2.05) is 10.9 Å². The van der Waals surface area contributed by atoms with Crippen LogP contribution in [0, 0.1) is 12.7 Å². The van der Waals surface area contributed by atoms with Gasteiger partial charge in [0.1, 0.15) is 24.0 Å². The maximum Gasteiger partial charge on any atom is 0.317 e. The molecule has 6 heterocycles. The zero-order valence-electron chi connectivity index (χ0n) is 29.8. The van der Waals surface area contributed by atoms with E-state index in [0.29, 0.717) is 38.0 Å². The molecule has 3 fully saturated rings. The van der Waals surface area contributed by atoms with Crippen molar-refractivity contribution in [3.05, 3.63) is 41.6 Å². The zero-order chi connectivity index (χ0) is 34.6. The van der Waals surface area contributed by atoms with Crippen molar-refractivity contribution in [2.24, 2.45) is 0 Å². The van der Waals surface area contributed by atoms with Crippen molar-refractivity contribution in [2.45, 2.75) is 115 Å². The van der Waals surface area contributed by atoms with Crippen molar-refractivity contribution in [3.63, 3.8) is 0 Å². The summed E-state index contributed by atoms with van der Waals surface area (Å²) in [6, 6.07) is 2.24. The molecular formula is C37H50F2N6O3Si. The lowest BCUT2D eigenvalue weighted by atomic mass is 9.92. The van der Waals surface area contributed by atoms with E-state index in [1.54, 1.807) is 12.4 Å². The first kappa shape index (κ1) is 34.4. The number of aromatic nitrogens is 5. The second-order valence-electron chi connectivity index (χ2n) is 15.8. The third kappa shape index (κ3) is 6.50. The summed E-state index contributed by atoms with van der Waals surface area (Å²) in [5.41, 5.74) is 3.72.